The number of piperidine rings is 1. The normalized spacial score (nSPS) is 28.0. The van der Waals surface area contributed by atoms with Crippen molar-refractivity contribution >= 4 is 33.2 Å². The van der Waals surface area contributed by atoms with Crippen LogP contribution < -0.4 is 15.4 Å². The monoisotopic (exact) mass is 637 g/mol. The number of pyridine rings is 1. The Morgan fingerprint density at radius 3 is 2.93 bits per heavy atom. The van der Waals surface area contributed by atoms with Crippen molar-refractivity contribution in [2.45, 2.75) is 25.6 Å². The minimum atomic E-state index is -2.86. The Bertz CT molecular complexity index is 2150. The molecule has 8 nitrogen and oxygen atoms in total. The molecular weight excluding hydrogens is 600 g/mol. The minimum absolute atomic E-state index is 0.0173. The predicted molar refractivity (Wildman–Crippen MR) is 168 cm³/mol. The van der Waals surface area contributed by atoms with Gasteiger partial charge in [0, 0.05) is 57.9 Å². The Morgan fingerprint density at radius 1 is 1.30 bits per heavy atom. The van der Waals surface area contributed by atoms with Gasteiger partial charge in [-0.1, -0.05) is 18.9 Å². The number of nitrogen functional groups attached to an aromatic ring is 1. The lowest BCUT2D eigenvalue weighted by Gasteiger charge is -2.40. The average Bonchev–Trinajstić information content (AvgIpc) is 3.77. The van der Waals surface area contributed by atoms with Crippen LogP contribution in [0, 0.1) is 35.3 Å². The smallest absolute Gasteiger partial charge is 0.319 e. The molecule has 3 fully saturated rings. The van der Waals surface area contributed by atoms with Crippen molar-refractivity contribution in [2.24, 2.45) is 11.3 Å². The van der Waals surface area contributed by atoms with Gasteiger partial charge in [0.15, 0.2) is 5.82 Å². The molecule has 0 amide bonds. The van der Waals surface area contributed by atoms with Gasteiger partial charge in [0.25, 0.3) is 0 Å². The summed E-state index contributed by atoms with van der Waals surface area (Å²) in [6.45, 7) is -4.18. The number of anilines is 2. The minimum Gasteiger partial charge on any atom is -0.462 e. The molecule has 2 aromatic carbocycles. The van der Waals surface area contributed by atoms with Crippen molar-refractivity contribution in [3.8, 4) is 29.6 Å². The molecule has 0 unspecified atom stereocenters. The van der Waals surface area contributed by atoms with Crippen molar-refractivity contribution in [3.05, 3.63) is 59.6 Å². The largest absolute Gasteiger partial charge is 0.462 e. The molecule has 0 radical (unpaired) electrons. The van der Waals surface area contributed by atoms with Gasteiger partial charge in [-0.3, -0.25) is 4.98 Å². The maximum absolute atomic E-state index is 17.0. The van der Waals surface area contributed by atoms with Crippen LogP contribution >= 0.6 is 0 Å². The number of rotatable bonds is 5. The summed E-state index contributed by atoms with van der Waals surface area (Å²) in [5.74, 6) is 0.0289. The summed E-state index contributed by atoms with van der Waals surface area (Å²) in [5, 5.41) is 0.616. The van der Waals surface area contributed by atoms with E-state index >= 15 is 8.78 Å². The Kier molecular flexibility index (Phi) is 6.13. The zero-order chi connectivity index (χ0) is 36.6. The number of likely N-dealkylation sites (tertiary alicyclic amines) is 1. The predicted octanol–water partition coefficient (Wildman–Crippen LogP) is 5.43. The first kappa shape index (κ1) is 24.7. The molecule has 1 aliphatic carbocycles. The zero-order valence-electron chi connectivity index (χ0n) is 29.7. The standard InChI is InChI=1S/C34H32F4N6O2/c1-4-21-25(36)6-5-18-11-20(39)12-22(26(18)21)29-28(38)30-23(14-40-29)32(44-9-10-45-15-24-27(37)31(24)44)42-33(41-30)46-17-34(2)16-43(3)8-7-19(34)13-35/h1,5-6,11-14,24,27,31H,7-10,15-17,39H2,2-3H3/b19-13-/t24-,27-,31-,34-/m0/s1/i3D3,17D2. The van der Waals surface area contributed by atoms with Crippen molar-refractivity contribution in [2.75, 3.05) is 57.0 Å². The molecule has 2 saturated heterocycles. The Hall–Kier alpha value is -4.47. The first-order valence-corrected chi connectivity index (χ1v) is 14.7. The third-order valence-electron chi connectivity index (χ3n) is 8.95. The lowest BCUT2D eigenvalue weighted by atomic mass is 9.78. The number of terminal acetylenes is 1. The molecule has 3 aliphatic rings. The van der Waals surface area contributed by atoms with E-state index in [2.05, 4.69) is 20.9 Å². The number of nitrogens with zero attached hydrogens (tertiary/aromatic N) is 5. The van der Waals surface area contributed by atoms with Crippen LogP contribution in [0.5, 0.6) is 6.01 Å². The van der Waals surface area contributed by atoms with Crippen LogP contribution in [0.4, 0.5) is 29.1 Å². The van der Waals surface area contributed by atoms with Gasteiger partial charge in [0.2, 0.25) is 0 Å². The fourth-order valence-corrected chi connectivity index (χ4v) is 6.48. The fraction of sp³-hybridized carbons (Fsp3) is 0.382. The second kappa shape index (κ2) is 11.4. The summed E-state index contributed by atoms with van der Waals surface area (Å²) in [4.78, 5) is 15.7. The molecule has 4 aromatic rings. The maximum atomic E-state index is 17.0. The summed E-state index contributed by atoms with van der Waals surface area (Å²) >= 11 is 0. The van der Waals surface area contributed by atoms with E-state index < -0.39 is 66.8 Å². The number of benzene rings is 2. The summed E-state index contributed by atoms with van der Waals surface area (Å²) in [6.07, 6.45) is 5.77. The van der Waals surface area contributed by atoms with Gasteiger partial charge in [-0.15, -0.1) is 6.42 Å². The van der Waals surface area contributed by atoms with E-state index in [-0.39, 0.29) is 83.7 Å². The van der Waals surface area contributed by atoms with Gasteiger partial charge in [-0.05, 0) is 42.6 Å². The third kappa shape index (κ3) is 4.98. The van der Waals surface area contributed by atoms with Gasteiger partial charge in [-0.2, -0.15) is 9.97 Å². The number of nitrogens with two attached hydrogens (primary N) is 1. The van der Waals surface area contributed by atoms with Crippen molar-refractivity contribution in [3.63, 3.8) is 0 Å². The van der Waals surface area contributed by atoms with E-state index in [9.17, 15) is 8.78 Å². The van der Waals surface area contributed by atoms with Crippen LogP contribution in [0.3, 0.4) is 0 Å². The van der Waals surface area contributed by atoms with Crippen LogP contribution in [-0.4, -0.2) is 78.4 Å². The Labute approximate surface area is 270 Å². The van der Waals surface area contributed by atoms with E-state index in [4.69, 9.17) is 28.5 Å². The molecule has 2 aliphatic heterocycles. The highest BCUT2D eigenvalue weighted by Crippen LogP contribution is 2.45. The van der Waals surface area contributed by atoms with Crippen LogP contribution in [0.1, 0.15) is 25.8 Å². The number of ether oxygens (including phenoxy) is 2. The van der Waals surface area contributed by atoms with E-state index in [1.807, 2.05) is 0 Å². The van der Waals surface area contributed by atoms with Crippen molar-refractivity contribution in [1.82, 2.24) is 19.9 Å². The molecule has 4 heterocycles. The number of halogens is 4. The topological polar surface area (TPSA) is 89.6 Å². The van der Waals surface area contributed by atoms with Crippen LogP contribution in [-0.2, 0) is 4.74 Å². The number of aromatic nitrogens is 3. The number of hydrogen-bond acceptors (Lipinski definition) is 8. The molecule has 7 rings (SSSR count). The maximum Gasteiger partial charge on any atom is 0.319 e. The van der Waals surface area contributed by atoms with Crippen molar-refractivity contribution in [1.29, 1.82) is 0 Å². The molecule has 46 heavy (non-hydrogen) atoms. The Morgan fingerprint density at radius 2 is 2.15 bits per heavy atom. The van der Waals surface area contributed by atoms with Crippen molar-refractivity contribution < 1.29 is 33.9 Å². The van der Waals surface area contributed by atoms with Crippen LogP contribution in [0.15, 0.2) is 42.4 Å². The highest BCUT2D eigenvalue weighted by molar-refractivity contribution is 6.03. The molecule has 2 aromatic heterocycles. The lowest BCUT2D eigenvalue weighted by molar-refractivity contribution is 0.109. The summed E-state index contributed by atoms with van der Waals surface area (Å²) in [7, 11) is 0. The van der Waals surface area contributed by atoms with Gasteiger partial charge in [0.05, 0.1) is 39.3 Å². The quantitative estimate of drug-likeness (QED) is 0.176. The summed E-state index contributed by atoms with van der Waals surface area (Å²) in [6, 6.07) is 4.17. The van der Waals surface area contributed by atoms with Gasteiger partial charge in [-0.25, -0.2) is 17.6 Å². The lowest BCUT2D eigenvalue weighted by Crippen LogP contribution is -2.44. The van der Waals surface area contributed by atoms with Crippen LogP contribution in [0.25, 0.3) is 32.9 Å². The summed E-state index contributed by atoms with van der Waals surface area (Å²) in [5.41, 5.74) is 3.64. The molecule has 1 saturated carbocycles. The fourth-order valence-electron chi connectivity index (χ4n) is 6.48. The summed E-state index contributed by atoms with van der Waals surface area (Å²) < 4.78 is 114. The zero-order valence-corrected chi connectivity index (χ0v) is 24.7. The van der Waals surface area contributed by atoms with E-state index in [0.29, 0.717) is 5.39 Å². The number of hydrogen-bond donors (Lipinski definition) is 1. The first-order valence-electron chi connectivity index (χ1n) is 17.2. The number of fused-ring (bicyclic) bond motifs is 3. The van der Waals surface area contributed by atoms with Crippen LogP contribution in [0.2, 0.25) is 0 Å². The Balaban J connectivity index is 1.42. The molecule has 238 valence electrons. The second-order valence-corrected chi connectivity index (χ2v) is 12.0. The SMILES string of the molecule is [2H]C([2H])([2H])N1CC/C(=C/F)[C@](C)(C([2H])([2H])Oc2nc(N3CCOC[C@H]4[C@H](F)[C@H]43)c3cnc(-c4cc(N)cc5ccc(F)c(C#C)c45)c(F)c3n2)C1. The second-order valence-electron chi connectivity index (χ2n) is 12.0. The third-order valence-corrected chi connectivity index (χ3v) is 8.95. The molecular formula is C34H32F4N6O2. The van der Waals surface area contributed by atoms with E-state index in [0.717, 1.165) is 4.90 Å². The van der Waals surface area contributed by atoms with Gasteiger partial charge < -0.3 is 25.0 Å². The highest BCUT2D eigenvalue weighted by Gasteiger charge is 2.56. The van der Waals surface area contributed by atoms with Gasteiger partial charge >= 0.3 is 6.01 Å². The highest BCUT2D eigenvalue weighted by atomic mass is 19.1. The molecule has 2 N–H and O–H groups in total. The average molecular weight is 638 g/mol. The van der Waals surface area contributed by atoms with E-state index in [1.165, 1.54) is 31.3 Å². The molecule has 0 spiro atoms. The number of alkyl halides is 1. The molecule has 0 bridgehead atoms. The van der Waals surface area contributed by atoms with E-state index in [1.54, 1.807) is 11.0 Å². The first-order chi connectivity index (χ1) is 24.1. The molecule has 12 heteroatoms. The van der Waals surface area contributed by atoms with Gasteiger partial charge in [0.1, 0.15) is 35.6 Å². The molecule has 4 atom stereocenters.